The van der Waals surface area contributed by atoms with E-state index in [2.05, 4.69) is 20.3 Å². The van der Waals surface area contributed by atoms with Gasteiger partial charge in [0.05, 0.1) is 11.6 Å². The fourth-order valence-electron chi connectivity index (χ4n) is 3.32. The Balaban J connectivity index is 1.98. The molecule has 4 rings (SSSR count). The van der Waals surface area contributed by atoms with Gasteiger partial charge in [-0.25, -0.2) is 14.8 Å². The quantitative estimate of drug-likeness (QED) is 0.698. The van der Waals surface area contributed by atoms with Gasteiger partial charge in [0.1, 0.15) is 17.2 Å². The standard InChI is InChI=1S/C17H16N4O4/c1-18-15-10(17(23)24)6-9-13(22)12-11(25-16(9)21-15)7-19-14(20-12)8-4-2-3-5-8/h6-8H,2-5H2,1H3,(H,18,21)(H,23,24). The van der Waals surface area contributed by atoms with Crippen LogP contribution in [-0.4, -0.2) is 33.1 Å². The number of hydrogen-bond acceptors (Lipinski definition) is 7. The second-order valence-electron chi connectivity index (χ2n) is 6.15. The molecule has 128 valence electrons. The molecule has 0 bridgehead atoms. The van der Waals surface area contributed by atoms with Crippen LogP contribution in [0.5, 0.6) is 0 Å². The van der Waals surface area contributed by atoms with Crippen LogP contribution in [0.2, 0.25) is 0 Å². The maximum atomic E-state index is 12.8. The van der Waals surface area contributed by atoms with E-state index in [0.717, 1.165) is 25.7 Å². The largest absolute Gasteiger partial charge is 0.478 e. The maximum Gasteiger partial charge on any atom is 0.339 e. The number of carboxylic acids is 1. The third-order valence-electron chi connectivity index (χ3n) is 4.62. The molecule has 0 aromatic carbocycles. The van der Waals surface area contributed by atoms with Gasteiger partial charge in [-0.1, -0.05) is 12.8 Å². The second-order valence-corrected chi connectivity index (χ2v) is 6.15. The van der Waals surface area contributed by atoms with Gasteiger partial charge < -0.3 is 14.8 Å². The molecule has 0 radical (unpaired) electrons. The van der Waals surface area contributed by atoms with Crippen molar-refractivity contribution in [1.29, 1.82) is 0 Å². The molecule has 0 unspecified atom stereocenters. The number of carbonyl (C=O) groups is 1. The minimum Gasteiger partial charge on any atom is -0.478 e. The average molecular weight is 340 g/mol. The van der Waals surface area contributed by atoms with Gasteiger partial charge in [0, 0.05) is 13.0 Å². The number of hydrogen-bond donors (Lipinski definition) is 2. The molecule has 1 fully saturated rings. The van der Waals surface area contributed by atoms with Crippen molar-refractivity contribution in [2.75, 3.05) is 12.4 Å². The monoisotopic (exact) mass is 340 g/mol. The summed E-state index contributed by atoms with van der Waals surface area (Å²) in [5.74, 6) is -0.132. The molecule has 1 aliphatic rings. The van der Waals surface area contributed by atoms with E-state index >= 15 is 0 Å². The molecular weight excluding hydrogens is 324 g/mol. The van der Waals surface area contributed by atoms with Gasteiger partial charge in [0.15, 0.2) is 11.1 Å². The third kappa shape index (κ3) is 2.50. The SMILES string of the molecule is CNc1nc2oc3cnc(C4CCCC4)nc3c(=O)c2cc1C(=O)O. The zero-order valence-corrected chi connectivity index (χ0v) is 13.6. The minimum absolute atomic E-state index is 0.0593. The second kappa shape index (κ2) is 5.80. The topological polar surface area (TPSA) is 118 Å². The predicted octanol–water partition coefficient (Wildman–Crippen LogP) is 2.53. The first kappa shape index (κ1) is 15.5. The highest BCUT2D eigenvalue weighted by Crippen LogP contribution is 2.32. The summed E-state index contributed by atoms with van der Waals surface area (Å²) in [6.45, 7) is 0. The average Bonchev–Trinajstić information content (AvgIpc) is 3.15. The Morgan fingerprint density at radius 3 is 2.76 bits per heavy atom. The van der Waals surface area contributed by atoms with Crippen molar-refractivity contribution < 1.29 is 14.3 Å². The number of aromatic nitrogens is 3. The molecule has 1 aliphatic carbocycles. The summed E-state index contributed by atoms with van der Waals surface area (Å²) in [6.07, 6.45) is 5.80. The fraction of sp³-hybridized carbons (Fsp3) is 0.353. The van der Waals surface area contributed by atoms with E-state index in [9.17, 15) is 14.7 Å². The van der Waals surface area contributed by atoms with Crippen molar-refractivity contribution in [2.24, 2.45) is 0 Å². The summed E-state index contributed by atoms with van der Waals surface area (Å²) >= 11 is 0. The molecule has 2 N–H and O–H groups in total. The van der Waals surface area contributed by atoms with Crippen molar-refractivity contribution in [1.82, 2.24) is 15.0 Å². The maximum absolute atomic E-state index is 12.8. The molecule has 0 atom stereocenters. The van der Waals surface area contributed by atoms with Crippen molar-refractivity contribution in [3.05, 3.63) is 33.9 Å². The van der Waals surface area contributed by atoms with E-state index in [0.29, 0.717) is 5.82 Å². The van der Waals surface area contributed by atoms with Crippen LogP contribution in [-0.2, 0) is 0 Å². The number of anilines is 1. The molecule has 8 heteroatoms. The van der Waals surface area contributed by atoms with E-state index < -0.39 is 11.4 Å². The van der Waals surface area contributed by atoms with Crippen molar-refractivity contribution in [2.45, 2.75) is 31.6 Å². The zero-order valence-electron chi connectivity index (χ0n) is 13.6. The first-order chi connectivity index (χ1) is 12.1. The summed E-state index contributed by atoms with van der Waals surface area (Å²) in [7, 11) is 1.55. The molecule has 8 nitrogen and oxygen atoms in total. The number of rotatable bonds is 3. The fourth-order valence-corrected chi connectivity index (χ4v) is 3.32. The summed E-state index contributed by atoms with van der Waals surface area (Å²) in [6, 6.07) is 1.28. The van der Waals surface area contributed by atoms with Gasteiger partial charge >= 0.3 is 5.97 Å². The number of carboxylic acid groups (broad SMARTS) is 1. The van der Waals surface area contributed by atoms with Crippen LogP contribution in [0, 0.1) is 0 Å². The van der Waals surface area contributed by atoms with Crippen LogP contribution >= 0.6 is 0 Å². The summed E-state index contributed by atoms with van der Waals surface area (Å²) in [5, 5.41) is 12.1. The summed E-state index contributed by atoms with van der Waals surface area (Å²) < 4.78 is 5.65. The number of pyridine rings is 1. The van der Waals surface area contributed by atoms with Crippen LogP contribution in [0.25, 0.3) is 22.2 Å². The van der Waals surface area contributed by atoms with E-state index in [4.69, 9.17) is 4.42 Å². The molecule has 0 spiro atoms. The summed E-state index contributed by atoms with van der Waals surface area (Å²) in [4.78, 5) is 37.1. The number of nitrogens with one attached hydrogen (secondary N) is 1. The van der Waals surface area contributed by atoms with Gasteiger partial charge in [-0.15, -0.1) is 0 Å². The lowest BCUT2D eigenvalue weighted by Gasteiger charge is -2.09. The highest BCUT2D eigenvalue weighted by Gasteiger charge is 2.22. The minimum atomic E-state index is -1.17. The lowest BCUT2D eigenvalue weighted by atomic mass is 10.1. The van der Waals surface area contributed by atoms with Crippen molar-refractivity contribution in [3.8, 4) is 0 Å². The van der Waals surface area contributed by atoms with Gasteiger partial charge in [-0.3, -0.25) is 4.79 Å². The van der Waals surface area contributed by atoms with E-state index in [-0.39, 0.29) is 39.5 Å². The highest BCUT2D eigenvalue weighted by atomic mass is 16.4. The van der Waals surface area contributed by atoms with Crippen LogP contribution in [0.4, 0.5) is 5.82 Å². The smallest absolute Gasteiger partial charge is 0.339 e. The zero-order chi connectivity index (χ0) is 17.6. The lowest BCUT2D eigenvalue weighted by molar-refractivity contribution is 0.0698. The van der Waals surface area contributed by atoms with Crippen molar-refractivity contribution in [3.63, 3.8) is 0 Å². The Bertz CT molecular complexity index is 1050. The normalized spacial score (nSPS) is 15.1. The molecule has 0 saturated heterocycles. The van der Waals surface area contributed by atoms with Gasteiger partial charge in [-0.2, -0.15) is 4.98 Å². The summed E-state index contributed by atoms with van der Waals surface area (Å²) in [5.41, 5.74) is -0.0111. The Morgan fingerprint density at radius 2 is 2.08 bits per heavy atom. The van der Waals surface area contributed by atoms with Gasteiger partial charge in [0.25, 0.3) is 0 Å². The molecule has 3 aromatic rings. The van der Waals surface area contributed by atoms with E-state index in [1.54, 1.807) is 7.05 Å². The van der Waals surface area contributed by atoms with E-state index in [1.807, 2.05) is 0 Å². The highest BCUT2D eigenvalue weighted by molar-refractivity contribution is 5.98. The first-order valence-corrected chi connectivity index (χ1v) is 8.14. The van der Waals surface area contributed by atoms with Gasteiger partial charge in [-0.05, 0) is 18.9 Å². The Kier molecular flexibility index (Phi) is 3.60. The molecule has 3 aromatic heterocycles. The Hall–Kier alpha value is -3.03. The molecule has 25 heavy (non-hydrogen) atoms. The Labute approximate surface area is 141 Å². The van der Waals surface area contributed by atoms with Gasteiger partial charge in [0.2, 0.25) is 11.1 Å². The first-order valence-electron chi connectivity index (χ1n) is 8.14. The number of nitrogens with zero attached hydrogens (tertiary/aromatic N) is 3. The Morgan fingerprint density at radius 1 is 1.32 bits per heavy atom. The molecule has 3 heterocycles. The molecule has 0 amide bonds. The predicted molar refractivity (Wildman–Crippen MR) is 91.1 cm³/mol. The molecule has 0 aliphatic heterocycles. The van der Waals surface area contributed by atoms with Crippen LogP contribution in [0.3, 0.4) is 0 Å². The van der Waals surface area contributed by atoms with Crippen LogP contribution in [0.1, 0.15) is 47.8 Å². The van der Waals surface area contributed by atoms with Crippen molar-refractivity contribution >= 4 is 34.0 Å². The van der Waals surface area contributed by atoms with E-state index in [1.165, 1.54) is 12.3 Å². The molecule has 1 saturated carbocycles. The molecular formula is C17H16N4O4. The third-order valence-corrected chi connectivity index (χ3v) is 4.62. The lowest BCUT2D eigenvalue weighted by Crippen LogP contribution is -2.12. The number of aromatic carboxylic acids is 1. The number of fused-ring (bicyclic) bond motifs is 2. The van der Waals surface area contributed by atoms with Crippen LogP contribution < -0.4 is 10.7 Å². The van der Waals surface area contributed by atoms with Crippen LogP contribution in [0.15, 0.2) is 21.5 Å².